The molecular weight excluding hydrogens is 248 g/mol. The first-order chi connectivity index (χ1) is 8.54. The second-order valence-corrected chi connectivity index (χ2v) is 5.33. The third-order valence-electron chi connectivity index (χ3n) is 2.75. The first-order valence-corrected chi connectivity index (χ1v) is 6.28. The molecule has 0 saturated carbocycles. The van der Waals surface area contributed by atoms with Gasteiger partial charge in [0.2, 0.25) is 0 Å². The number of thiazole rings is 1. The van der Waals surface area contributed by atoms with E-state index in [-0.39, 0.29) is 5.75 Å². The van der Waals surface area contributed by atoms with Gasteiger partial charge in [0.1, 0.15) is 11.4 Å². The first kappa shape index (κ1) is 11.0. The molecule has 0 bridgehead atoms. The fourth-order valence-corrected chi connectivity index (χ4v) is 2.78. The molecule has 0 aliphatic heterocycles. The van der Waals surface area contributed by atoms with E-state index < -0.39 is 0 Å². The van der Waals surface area contributed by atoms with Crippen LogP contribution in [0.2, 0.25) is 0 Å². The van der Waals surface area contributed by atoms with Gasteiger partial charge >= 0.3 is 0 Å². The normalized spacial score (nSPS) is 11.2. The lowest BCUT2D eigenvalue weighted by molar-refractivity contribution is 0.469. The number of phenols is 1. The highest BCUT2D eigenvalue weighted by Gasteiger charge is 2.13. The fraction of sp³-hybridized carbons (Fsp3) is 0.167. The maximum Gasteiger partial charge on any atom is 0.194 e. The lowest BCUT2D eigenvalue weighted by Gasteiger charge is -2.09. The minimum atomic E-state index is 0.218. The first-order valence-electron chi connectivity index (χ1n) is 5.47. The van der Waals surface area contributed by atoms with Crippen LogP contribution in [0.25, 0.3) is 16.0 Å². The number of hydrogen-bond acceptors (Lipinski definition) is 5. The molecule has 2 heterocycles. The van der Waals surface area contributed by atoms with E-state index in [9.17, 15) is 5.11 Å². The number of aryl methyl sites for hydroxylation is 2. The zero-order valence-corrected chi connectivity index (χ0v) is 10.8. The Hall–Kier alpha value is -2.08. The molecule has 0 aliphatic rings. The Balaban J connectivity index is 2.22. The van der Waals surface area contributed by atoms with Crippen molar-refractivity contribution in [2.75, 3.05) is 5.73 Å². The lowest BCUT2D eigenvalue weighted by Crippen LogP contribution is -1.99. The molecule has 1 aromatic carbocycles. The highest BCUT2D eigenvalue weighted by Crippen LogP contribution is 2.29. The molecule has 92 valence electrons. The molecule has 0 fully saturated rings. The third-order valence-corrected chi connectivity index (χ3v) is 3.56. The minimum absolute atomic E-state index is 0.218. The maximum atomic E-state index is 10.0. The number of rotatable bonds is 1. The van der Waals surface area contributed by atoms with E-state index in [1.54, 1.807) is 10.7 Å². The van der Waals surface area contributed by atoms with Gasteiger partial charge in [-0.1, -0.05) is 17.4 Å². The number of anilines is 1. The predicted octanol–water partition coefficient (Wildman–Crippen LogP) is 2.39. The quantitative estimate of drug-likeness (QED) is 0.704. The van der Waals surface area contributed by atoms with Crippen LogP contribution >= 0.6 is 11.3 Å². The van der Waals surface area contributed by atoms with Gasteiger partial charge in [0.25, 0.3) is 0 Å². The number of benzene rings is 1. The third kappa shape index (κ3) is 1.62. The van der Waals surface area contributed by atoms with E-state index in [4.69, 9.17) is 5.73 Å². The summed E-state index contributed by atoms with van der Waals surface area (Å²) in [6.07, 6.45) is 1.83. The van der Waals surface area contributed by atoms with Crippen LogP contribution in [-0.4, -0.2) is 19.9 Å². The van der Waals surface area contributed by atoms with Gasteiger partial charge in [-0.15, -0.1) is 5.10 Å². The molecule has 3 aromatic rings. The predicted molar refractivity (Wildman–Crippen MR) is 72.3 cm³/mol. The van der Waals surface area contributed by atoms with Crippen molar-refractivity contribution in [3.8, 4) is 11.4 Å². The van der Waals surface area contributed by atoms with Crippen molar-refractivity contribution < 1.29 is 5.11 Å². The molecule has 5 nitrogen and oxygen atoms in total. The number of aromatic nitrogens is 3. The van der Waals surface area contributed by atoms with Crippen molar-refractivity contribution >= 4 is 26.8 Å². The Labute approximate surface area is 108 Å². The number of hydrogen-bond donors (Lipinski definition) is 2. The summed E-state index contributed by atoms with van der Waals surface area (Å²) in [6, 6.07) is 3.73. The van der Waals surface area contributed by atoms with Crippen molar-refractivity contribution in [3.63, 3.8) is 0 Å². The summed E-state index contributed by atoms with van der Waals surface area (Å²) in [5.74, 6) is 0.218. The Morgan fingerprint density at radius 1 is 1.33 bits per heavy atom. The van der Waals surface area contributed by atoms with Gasteiger partial charge in [0.15, 0.2) is 10.8 Å². The molecule has 0 amide bonds. The summed E-state index contributed by atoms with van der Waals surface area (Å²) in [5.41, 5.74) is 8.89. The van der Waals surface area contributed by atoms with Gasteiger partial charge in [-0.05, 0) is 31.0 Å². The van der Waals surface area contributed by atoms with Gasteiger partial charge in [-0.2, -0.15) is 4.98 Å². The second-order valence-electron chi connectivity index (χ2n) is 4.26. The molecule has 0 spiro atoms. The van der Waals surface area contributed by atoms with Crippen LogP contribution in [0.5, 0.6) is 5.75 Å². The second kappa shape index (κ2) is 3.71. The topological polar surface area (TPSA) is 77.0 Å². The Morgan fingerprint density at radius 3 is 2.78 bits per heavy atom. The summed E-state index contributed by atoms with van der Waals surface area (Å²) >= 11 is 1.38. The zero-order valence-electron chi connectivity index (χ0n) is 10.0. The van der Waals surface area contributed by atoms with Crippen LogP contribution in [0.15, 0.2) is 18.3 Å². The van der Waals surface area contributed by atoms with Gasteiger partial charge in [0.05, 0.1) is 10.9 Å². The number of nitrogen functional groups attached to an aromatic ring is 1. The SMILES string of the molecule is Cc1cc(C)c(-n2cc3sc(N)nc3n2)c(O)c1. The Kier molecular flexibility index (Phi) is 2.27. The summed E-state index contributed by atoms with van der Waals surface area (Å²) in [4.78, 5) is 4.12. The van der Waals surface area contributed by atoms with Crippen molar-refractivity contribution in [2.45, 2.75) is 13.8 Å². The molecule has 0 atom stereocenters. The molecule has 3 rings (SSSR count). The number of fused-ring (bicyclic) bond motifs is 1. The average Bonchev–Trinajstić information content (AvgIpc) is 2.72. The van der Waals surface area contributed by atoms with Crippen molar-refractivity contribution in [1.29, 1.82) is 0 Å². The summed E-state index contributed by atoms with van der Waals surface area (Å²) in [6.45, 7) is 3.89. The number of nitrogens with zero attached hydrogens (tertiary/aromatic N) is 3. The fourth-order valence-electron chi connectivity index (χ4n) is 2.09. The molecule has 2 aromatic heterocycles. The summed E-state index contributed by atoms with van der Waals surface area (Å²) in [5, 5.41) is 14.9. The van der Waals surface area contributed by atoms with Crippen LogP contribution in [-0.2, 0) is 0 Å². The molecule has 0 aliphatic carbocycles. The highest BCUT2D eigenvalue weighted by atomic mass is 32.1. The Bertz CT molecular complexity index is 689. The zero-order chi connectivity index (χ0) is 12.9. The average molecular weight is 260 g/mol. The largest absolute Gasteiger partial charge is 0.506 e. The molecule has 0 radical (unpaired) electrons. The van der Waals surface area contributed by atoms with E-state index in [2.05, 4.69) is 10.1 Å². The van der Waals surface area contributed by atoms with E-state index >= 15 is 0 Å². The van der Waals surface area contributed by atoms with Crippen molar-refractivity contribution in [1.82, 2.24) is 14.8 Å². The molecular formula is C12H12N4OS. The van der Waals surface area contributed by atoms with Crippen LogP contribution in [0.4, 0.5) is 5.13 Å². The van der Waals surface area contributed by atoms with Gasteiger partial charge in [-0.3, -0.25) is 0 Å². The minimum Gasteiger partial charge on any atom is -0.506 e. The summed E-state index contributed by atoms with van der Waals surface area (Å²) < 4.78 is 2.56. The van der Waals surface area contributed by atoms with Crippen LogP contribution in [0, 0.1) is 13.8 Å². The van der Waals surface area contributed by atoms with Gasteiger partial charge in [-0.25, -0.2) is 4.68 Å². The van der Waals surface area contributed by atoms with Gasteiger partial charge in [0, 0.05) is 0 Å². The number of phenolic OH excluding ortho intramolecular Hbond substituents is 1. The smallest absolute Gasteiger partial charge is 0.194 e. The maximum absolute atomic E-state index is 10.0. The van der Waals surface area contributed by atoms with Crippen molar-refractivity contribution in [3.05, 3.63) is 29.5 Å². The molecule has 18 heavy (non-hydrogen) atoms. The van der Waals surface area contributed by atoms with Crippen LogP contribution in [0.3, 0.4) is 0 Å². The van der Waals surface area contributed by atoms with E-state index in [0.717, 1.165) is 15.8 Å². The van der Waals surface area contributed by atoms with E-state index in [1.165, 1.54) is 11.3 Å². The number of aromatic hydroxyl groups is 1. The molecule has 0 unspecified atom stereocenters. The summed E-state index contributed by atoms with van der Waals surface area (Å²) in [7, 11) is 0. The number of nitrogens with two attached hydrogens (primary N) is 1. The monoisotopic (exact) mass is 260 g/mol. The van der Waals surface area contributed by atoms with Gasteiger partial charge < -0.3 is 10.8 Å². The Morgan fingerprint density at radius 2 is 2.11 bits per heavy atom. The van der Waals surface area contributed by atoms with E-state index in [1.807, 2.05) is 26.1 Å². The molecule has 0 saturated heterocycles. The lowest BCUT2D eigenvalue weighted by atomic mass is 10.1. The molecule has 6 heteroatoms. The van der Waals surface area contributed by atoms with E-state index in [0.29, 0.717) is 16.5 Å². The highest BCUT2D eigenvalue weighted by molar-refractivity contribution is 7.21. The molecule has 3 N–H and O–H groups in total. The van der Waals surface area contributed by atoms with Crippen molar-refractivity contribution in [2.24, 2.45) is 0 Å². The standard InChI is InChI=1S/C12H12N4OS/c1-6-3-7(2)10(8(17)4-6)16-5-9-11(15-16)14-12(13)18-9/h3-5,17H,1-2H3,(H2,13,14,15). The van der Waals surface area contributed by atoms with Crippen LogP contribution in [0.1, 0.15) is 11.1 Å². The van der Waals surface area contributed by atoms with Crippen LogP contribution < -0.4 is 5.73 Å².